The highest BCUT2D eigenvalue weighted by Gasteiger charge is 2.34. The number of hydrogen-bond donors (Lipinski definition) is 2. The maximum atomic E-state index is 16.6. The molecule has 3 unspecified atom stereocenters. The zero-order valence-corrected chi connectivity index (χ0v) is 23.4. The number of piperazine rings is 1. The molecule has 3 atom stereocenters. The van der Waals surface area contributed by atoms with Crippen LogP contribution in [0.1, 0.15) is 19.3 Å². The molecule has 0 amide bonds. The number of phenolic OH excluding ortho intramolecular Hbond substituents is 1. The van der Waals surface area contributed by atoms with Crippen LogP contribution in [-0.2, 0) is 0 Å². The van der Waals surface area contributed by atoms with Crippen molar-refractivity contribution in [3.63, 3.8) is 0 Å². The Balaban J connectivity index is 1.36. The van der Waals surface area contributed by atoms with Crippen molar-refractivity contribution in [3.8, 4) is 22.9 Å². The molecule has 2 N–H and O–H groups in total. The molecule has 2 radical (unpaired) electrons. The number of nitrogens with zero attached hydrogens (tertiary/aromatic N) is 4. The highest BCUT2D eigenvalue weighted by Crippen LogP contribution is 2.42. The number of hydrogen-bond acceptors (Lipinski definition) is 7. The van der Waals surface area contributed by atoms with Crippen molar-refractivity contribution >= 4 is 48.6 Å². The largest absolute Gasteiger partial charge is 0.508 e. The van der Waals surface area contributed by atoms with Gasteiger partial charge in [0.2, 0.25) is 0 Å². The van der Waals surface area contributed by atoms with Gasteiger partial charge in [0.15, 0.2) is 5.82 Å². The van der Waals surface area contributed by atoms with Gasteiger partial charge >= 0.3 is 6.01 Å². The van der Waals surface area contributed by atoms with Gasteiger partial charge in [-0.15, -0.1) is 0 Å². The molecule has 4 aromatic rings. The first-order valence-electron chi connectivity index (χ1n) is 13.4. The van der Waals surface area contributed by atoms with Crippen molar-refractivity contribution in [3.05, 3.63) is 53.3 Å². The lowest BCUT2D eigenvalue weighted by Gasteiger charge is -2.37. The number of rotatable bonds is 6. The van der Waals surface area contributed by atoms with Crippen LogP contribution in [0.2, 0.25) is 5.02 Å². The van der Waals surface area contributed by atoms with E-state index in [0.29, 0.717) is 50.3 Å². The first-order valence-corrected chi connectivity index (χ1v) is 15.1. The standard InChI is InChI=1S/C29H29ClFN5O2Si/c1-35-9-8-24(35)39-15-38-29-33-27-22(28(34-29)36-13-17-6-7-18(14-36)32-17)12-23(30)25(26(27)31)21-11-19(37)10-16-4-2-3-5-20(16)21/h2-5,10-12,17-18,24,32,37H,6-9,13-15H2,1H3. The Morgan fingerprint density at radius 3 is 2.64 bits per heavy atom. The zero-order chi connectivity index (χ0) is 26.7. The lowest BCUT2D eigenvalue weighted by atomic mass is 9.96. The molecule has 0 spiro atoms. The smallest absolute Gasteiger partial charge is 0.318 e. The van der Waals surface area contributed by atoms with E-state index >= 15 is 4.39 Å². The number of ether oxygens (including phenoxy) is 1. The Bertz CT molecular complexity index is 1580. The molecule has 3 aromatic carbocycles. The molecule has 7 nitrogen and oxygen atoms in total. The van der Waals surface area contributed by atoms with Crippen molar-refractivity contribution in [1.82, 2.24) is 20.2 Å². The number of anilines is 1. The van der Waals surface area contributed by atoms with E-state index < -0.39 is 5.82 Å². The minimum absolute atomic E-state index is 0.0462. The van der Waals surface area contributed by atoms with Crippen LogP contribution < -0.4 is 15.0 Å². The summed E-state index contributed by atoms with van der Waals surface area (Å²) < 4.78 is 22.7. The summed E-state index contributed by atoms with van der Waals surface area (Å²) in [5, 5.41) is 16.5. The predicted octanol–water partition coefficient (Wildman–Crippen LogP) is 4.59. The van der Waals surface area contributed by atoms with Crippen LogP contribution in [0, 0.1) is 5.82 Å². The van der Waals surface area contributed by atoms with Crippen LogP contribution in [0.5, 0.6) is 11.8 Å². The average molecular weight is 562 g/mol. The van der Waals surface area contributed by atoms with E-state index in [4.69, 9.17) is 21.3 Å². The maximum absolute atomic E-state index is 16.6. The van der Waals surface area contributed by atoms with E-state index in [2.05, 4.69) is 27.1 Å². The topological polar surface area (TPSA) is 73.8 Å². The molecule has 3 aliphatic heterocycles. The summed E-state index contributed by atoms with van der Waals surface area (Å²) in [6, 6.07) is 13.5. The molecule has 7 rings (SSSR count). The minimum atomic E-state index is -0.541. The van der Waals surface area contributed by atoms with Crippen molar-refractivity contribution in [2.75, 3.05) is 37.8 Å². The van der Waals surface area contributed by atoms with Crippen LogP contribution in [-0.4, -0.2) is 80.2 Å². The van der Waals surface area contributed by atoms with Gasteiger partial charge in [-0.2, -0.15) is 9.97 Å². The maximum Gasteiger partial charge on any atom is 0.318 e. The molecule has 200 valence electrons. The molecule has 10 heteroatoms. The molecule has 1 aromatic heterocycles. The third-order valence-corrected chi connectivity index (χ3v) is 10.1. The first-order chi connectivity index (χ1) is 18.9. The molecule has 3 saturated heterocycles. The summed E-state index contributed by atoms with van der Waals surface area (Å²) in [6.45, 7) is 2.68. The van der Waals surface area contributed by atoms with Crippen LogP contribution in [0.25, 0.3) is 32.8 Å². The van der Waals surface area contributed by atoms with E-state index in [-0.39, 0.29) is 27.9 Å². The minimum Gasteiger partial charge on any atom is -0.508 e. The Hall–Kier alpha value is -2.98. The molecule has 0 aliphatic carbocycles. The fourth-order valence-corrected chi connectivity index (χ4v) is 7.63. The Kier molecular flexibility index (Phi) is 6.34. The number of likely N-dealkylation sites (tertiary alicyclic amines) is 1. The fourth-order valence-electron chi connectivity index (χ4n) is 6.16. The SMILES string of the molecule is CN1CCC1[Si]COc1nc(N2CC3CCC(C2)N3)c2cc(Cl)c(-c3cc(O)cc4ccccc34)c(F)c2n1. The molecular formula is C29H29ClFN5O2Si. The molecule has 39 heavy (non-hydrogen) atoms. The number of benzene rings is 3. The molecule has 3 fully saturated rings. The number of nitrogens with one attached hydrogen (secondary N) is 1. The van der Waals surface area contributed by atoms with E-state index in [1.807, 2.05) is 24.3 Å². The van der Waals surface area contributed by atoms with Gasteiger partial charge in [0.05, 0.1) is 11.3 Å². The lowest BCUT2D eigenvalue weighted by Crippen LogP contribution is -2.51. The Labute approximate surface area is 233 Å². The average Bonchev–Trinajstić information content (AvgIpc) is 3.27. The molecule has 2 bridgehead atoms. The number of fused-ring (bicyclic) bond motifs is 4. The van der Waals surface area contributed by atoms with Gasteiger partial charge < -0.3 is 25.0 Å². The van der Waals surface area contributed by atoms with Gasteiger partial charge in [-0.25, -0.2) is 4.39 Å². The molecular weight excluding hydrogens is 533 g/mol. The van der Waals surface area contributed by atoms with Crippen molar-refractivity contribution in [1.29, 1.82) is 0 Å². The summed E-state index contributed by atoms with van der Waals surface area (Å²) in [4.78, 5) is 13.9. The zero-order valence-electron chi connectivity index (χ0n) is 21.6. The summed E-state index contributed by atoms with van der Waals surface area (Å²) >= 11 is 6.83. The second-order valence-electron chi connectivity index (χ2n) is 10.8. The fraction of sp³-hybridized carbons (Fsp3) is 0.379. The first kappa shape index (κ1) is 25.0. The molecule has 3 aliphatic rings. The van der Waals surface area contributed by atoms with Gasteiger partial charge in [0.1, 0.15) is 26.6 Å². The number of aromatic hydroxyl groups is 1. The number of phenols is 1. The van der Waals surface area contributed by atoms with Gasteiger partial charge in [0.25, 0.3) is 0 Å². The molecule has 0 saturated carbocycles. The second-order valence-corrected chi connectivity index (χ2v) is 12.6. The second kappa shape index (κ2) is 9.89. The van der Waals surface area contributed by atoms with E-state index in [0.717, 1.165) is 43.2 Å². The normalized spacial score (nSPS) is 22.9. The highest BCUT2D eigenvalue weighted by atomic mass is 35.5. The van der Waals surface area contributed by atoms with Crippen LogP contribution in [0.3, 0.4) is 0 Å². The number of aromatic nitrogens is 2. The van der Waals surface area contributed by atoms with Gasteiger partial charge in [-0.3, -0.25) is 0 Å². The van der Waals surface area contributed by atoms with Crippen molar-refractivity contribution in [2.24, 2.45) is 0 Å². The third kappa shape index (κ3) is 4.51. The van der Waals surface area contributed by atoms with Gasteiger partial charge in [0, 0.05) is 41.8 Å². The van der Waals surface area contributed by atoms with Crippen molar-refractivity contribution in [2.45, 2.75) is 37.0 Å². The van der Waals surface area contributed by atoms with E-state index in [1.54, 1.807) is 18.2 Å². The summed E-state index contributed by atoms with van der Waals surface area (Å²) in [5.74, 6) is 0.163. The lowest BCUT2D eigenvalue weighted by molar-refractivity contribution is 0.186. The predicted molar refractivity (Wildman–Crippen MR) is 154 cm³/mol. The molecule has 4 heterocycles. The van der Waals surface area contributed by atoms with Crippen LogP contribution >= 0.6 is 11.6 Å². The highest BCUT2D eigenvalue weighted by molar-refractivity contribution is 6.38. The van der Waals surface area contributed by atoms with Gasteiger partial charge in [-0.05, 0) is 67.4 Å². The number of halogens is 2. The van der Waals surface area contributed by atoms with E-state index in [9.17, 15) is 5.11 Å². The monoisotopic (exact) mass is 561 g/mol. The van der Waals surface area contributed by atoms with Gasteiger partial charge in [-0.1, -0.05) is 35.9 Å². The summed E-state index contributed by atoms with van der Waals surface area (Å²) in [7, 11) is 2.72. The van der Waals surface area contributed by atoms with Crippen LogP contribution in [0.15, 0.2) is 42.5 Å². The summed E-state index contributed by atoms with van der Waals surface area (Å²) in [5.41, 5.74) is 1.43. The van der Waals surface area contributed by atoms with Crippen molar-refractivity contribution < 1.29 is 14.2 Å². The third-order valence-electron chi connectivity index (χ3n) is 8.28. The van der Waals surface area contributed by atoms with Crippen LogP contribution in [0.4, 0.5) is 10.2 Å². The quantitative estimate of drug-likeness (QED) is 0.334. The Morgan fingerprint density at radius 1 is 1.10 bits per heavy atom. The van der Waals surface area contributed by atoms with E-state index in [1.165, 1.54) is 6.42 Å². The Morgan fingerprint density at radius 2 is 1.90 bits per heavy atom. The summed E-state index contributed by atoms with van der Waals surface area (Å²) in [6.07, 6.45) is 3.90.